The molecule has 2 aliphatic heterocycles. The summed E-state index contributed by atoms with van der Waals surface area (Å²) < 4.78 is 0. The number of amidine groups is 1. The van der Waals surface area contributed by atoms with Crippen molar-refractivity contribution < 1.29 is 0 Å². The van der Waals surface area contributed by atoms with Gasteiger partial charge in [-0.3, -0.25) is 4.90 Å². The maximum Gasteiger partial charge on any atom is 0.137 e. The molecule has 136 valence electrons. The fraction of sp³-hybridized carbons (Fsp3) is 0.381. The van der Waals surface area contributed by atoms with E-state index in [0.717, 1.165) is 42.7 Å². The second kappa shape index (κ2) is 8.03. The Hall–Kier alpha value is -1.49. The number of nitrogens with zero attached hydrogens (tertiary/aromatic N) is 3. The highest BCUT2D eigenvalue weighted by Gasteiger charge is 2.25. The first-order valence-corrected chi connectivity index (χ1v) is 10.6. The zero-order chi connectivity index (χ0) is 17.9. The summed E-state index contributed by atoms with van der Waals surface area (Å²) in [6.07, 6.45) is 2.54. The van der Waals surface area contributed by atoms with E-state index in [0.29, 0.717) is 0 Å². The van der Waals surface area contributed by atoms with Gasteiger partial charge < -0.3 is 4.90 Å². The van der Waals surface area contributed by atoms with Crippen molar-refractivity contribution >= 4 is 34.9 Å². The average molecular weight is 386 g/mol. The van der Waals surface area contributed by atoms with Gasteiger partial charge in [0.25, 0.3) is 0 Å². The number of rotatable bonds is 3. The molecule has 1 saturated heterocycles. The molecule has 0 bridgehead atoms. The SMILES string of the molecule is CCCCN1CCN(C2=Nc3cc(Cl)ccc3Sc3ccccc32)CC1. The molecule has 2 aromatic carbocycles. The molecule has 0 spiro atoms. The Morgan fingerprint density at radius 1 is 1.04 bits per heavy atom. The lowest BCUT2D eigenvalue weighted by atomic mass is 10.1. The third kappa shape index (κ3) is 3.78. The highest BCUT2D eigenvalue weighted by Crippen LogP contribution is 2.41. The summed E-state index contributed by atoms with van der Waals surface area (Å²) in [5.41, 5.74) is 2.20. The van der Waals surface area contributed by atoms with Crippen LogP contribution in [0.3, 0.4) is 0 Å². The third-order valence-corrected chi connectivity index (χ3v) is 6.37. The van der Waals surface area contributed by atoms with Gasteiger partial charge in [0.05, 0.1) is 5.69 Å². The summed E-state index contributed by atoms with van der Waals surface area (Å²) in [5.74, 6) is 1.09. The van der Waals surface area contributed by atoms with Crippen LogP contribution in [-0.4, -0.2) is 48.4 Å². The molecule has 0 aromatic heterocycles. The summed E-state index contributed by atoms with van der Waals surface area (Å²) in [6.45, 7) is 7.73. The summed E-state index contributed by atoms with van der Waals surface area (Å²) in [4.78, 5) is 12.5. The first kappa shape index (κ1) is 17.9. The van der Waals surface area contributed by atoms with Gasteiger partial charge in [0.15, 0.2) is 0 Å². The summed E-state index contributed by atoms with van der Waals surface area (Å²) in [6, 6.07) is 14.6. The van der Waals surface area contributed by atoms with Gasteiger partial charge in [-0.15, -0.1) is 0 Å². The van der Waals surface area contributed by atoms with Crippen LogP contribution in [0.15, 0.2) is 57.2 Å². The molecule has 0 atom stereocenters. The molecule has 0 radical (unpaired) electrons. The third-order valence-electron chi connectivity index (χ3n) is 4.99. The number of fused-ring (bicyclic) bond motifs is 2. The van der Waals surface area contributed by atoms with Gasteiger partial charge in [-0.1, -0.05) is 54.9 Å². The Morgan fingerprint density at radius 3 is 2.65 bits per heavy atom. The second-order valence-corrected chi connectivity index (χ2v) is 8.35. The monoisotopic (exact) mass is 385 g/mol. The van der Waals surface area contributed by atoms with Crippen molar-refractivity contribution in [3.63, 3.8) is 0 Å². The average Bonchev–Trinajstić information content (AvgIpc) is 2.83. The highest BCUT2D eigenvalue weighted by atomic mass is 35.5. The van der Waals surface area contributed by atoms with Crippen LogP contribution >= 0.6 is 23.4 Å². The van der Waals surface area contributed by atoms with Crippen LogP contribution in [0, 0.1) is 0 Å². The fourth-order valence-corrected chi connectivity index (χ4v) is 4.67. The molecule has 3 nitrogen and oxygen atoms in total. The van der Waals surface area contributed by atoms with E-state index in [1.54, 1.807) is 11.8 Å². The van der Waals surface area contributed by atoms with Crippen LogP contribution < -0.4 is 0 Å². The maximum absolute atomic E-state index is 6.24. The van der Waals surface area contributed by atoms with Crippen molar-refractivity contribution in [2.75, 3.05) is 32.7 Å². The van der Waals surface area contributed by atoms with Crippen molar-refractivity contribution in [2.24, 2.45) is 4.99 Å². The van der Waals surface area contributed by atoms with E-state index in [1.165, 1.54) is 34.7 Å². The Bertz CT molecular complexity index is 813. The minimum absolute atomic E-state index is 0.739. The van der Waals surface area contributed by atoms with Crippen LogP contribution in [0.1, 0.15) is 25.3 Å². The lowest BCUT2D eigenvalue weighted by Crippen LogP contribution is -2.49. The van der Waals surface area contributed by atoms with Crippen molar-refractivity contribution in [1.82, 2.24) is 9.80 Å². The van der Waals surface area contributed by atoms with Gasteiger partial charge in [-0.2, -0.15) is 0 Å². The molecule has 0 amide bonds. The molecule has 0 unspecified atom stereocenters. The second-order valence-electron chi connectivity index (χ2n) is 6.83. The van der Waals surface area contributed by atoms with E-state index < -0.39 is 0 Å². The molecule has 2 aliphatic rings. The van der Waals surface area contributed by atoms with E-state index in [-0.39, 0.29) is 0 Å². The summed E-state index contributed by atoms with van der Waals surface area (Å²) in [7, 11) is 0. The normalized spacial score (nSPS) is 17.3. The Morgan fingerprint density at radius 2 is 1.85 bits per heavy atom. The summed E-state index contributed by atoms with van der Waals surface area (Å²) in [5, 5.41) is 0.739. The van der Waals surface area contributed by atoms with Gasteiger partial charge in [0, 0.05) is 46.6 Å². The minimum atomic E-state index is 0.739. The number of hydrogen-bond donors (Lipinski definition) is 0. The molecular formula is C21H24ClN3S. The van der Waals surface area contributed by atoms with E-state index in [1.807, 2.05) is 12.1 Å². The fourth-order valence-electron chi connectivity index (χ4n) is 3.50. The molecule has 2 heterocycles. The maximum atomic E-state index is 6.24. The van der Waals surface area contributed by atoms with Crippen LogP contribution in [0.2, 0.25) is 5.02 Å². The predicted molar refractivity (Wildman–Crippen MR) is 111 cm³/mol. The van der Waals surface area contributed by atoms with Crippen molar-refractivity contribution in [1.29, 1.82) is 0 Å². The quantitative estimate of drug-likeness (QED) is 0.714. The van der Waals surface area contributed by atoms with Gasteiger partial charge in [0.1, 0.15) is 5.84 Å². The number of hydrogen-bond acceptors (Lipinski definition) is 4. The molecular weight excluding hydrogens is 362 g/mol. The Labute approximate surface area is 165 Å². The zero-order valence-corrected chi connectivity index (χ0v) is 16.7. The summed E-state index contributed by atoms with van der Waals surface area (Å²) >= 11 is 8.02. The van der Waals surface area contributed by atoms with Crippen LogP contribution in [-0.2, 0) is 0 Å². The van der Waals surface area contributed by atoms with E-state index in [9.17, 15) is 0 Å². The number of halogens is 1. The topological polar surface area (TPSA) is 18.8 Å². The molecule has 4 rings (SSSR count). The standard InChI is InChI=1S/C21H24ClN3S/c1-2-3-10-24-11-13-25(14-12-24)21-17-6-4-5-7-19(17)26-20-9-8-16(22)15-18(20)23-21/h4-9,15H,2-3,10-14H2,1H3. The first-order chi connectivity index (χ1) is 12.7. The molecule has 0 saturated carbocycles. The lowest BCUT2D eigenvalue weighted by Gasteiger charge is -2.36. The van der Waals surface area contributed by atoms with Crippen LogP contribution in [0.4, 0.5) is 5.69 Å². The molecule has 26 heavy (non-hydrogen) atoms. The lowest BCUT2D eigenvalue weighted by molar-refractivity contribution is 0.180. The van der Waals surface area contributed by atoms with Gasteiger partial charge >= 0.3 is 0 Å². The van der Waals surface area contributed by atoms with E-state index in [4.69, 9.17) is 16.6 Å². The van der Waals surface area contributed by atoms with Gasteiger partial charge in [-0.05, 0) is 37.2 Å². The molecule has 5 heteroatoms. The smallest absolute Gasteiger partial charge is 0.137 e. The predicted octanol–water partition coefficient (Wildman–Crippen LogP) is 5.30. The Kier molecular flexibility index (Phi) is 5.53. The van der Waals surface area contributed by atoms with Crippen LogP contribution in [0.5, 0.6) is 0 Å². The van der Waals surface area contributed by atoms with Crippen molar-refractivity contribution in [3.8, 4) is 0 Å². The van der Waals surface area contributed by atoms with Crippen molar-refractivity contribution in [2.45, 2.75) is 29.6 Å². The number of unbranched alkanes of at least 4 members (excludes halogenated alkanes) is 1. The zero-order valence-electron chi connectivity index (χ0n) is 15.1. The molecule has 1 fully saturated rings. The first-order valence-electron chi connectivity index (χ1n) is 9.37. The Balaban J connectivity index is 1.65. The number of piperazine rings is 1. The van der Waals surface area contributed by atoms with Crippen LogP contribution in [0.25, 0.3) is 0 Å². The van der Waals surface area contributed by atoms with Crippen molar-refractivity contribution in [3.05, 3.63) is 53.1 Å². The van der Waals surface area contributed by atoms with Gasteiger partial charge in [-0.25, -0.2) is 4.99 Å². The highest BCUT2D eigenvalue weighted by molar-refractivity contribution is 7.99. The van der Waals surface area contributed by atoms with E-state index >= 15 is 0 Å². The molecule has 2 aromatic rings. The number of benzene rings is 2. The number of aliphatic imine (C=N–C) groups is 1. The van der Waals surface area contributed by atoms with E-state index in [2.05, 4.69) is 47.1 Å². The minimum Gasteiger partial charge on any atom is -0.354 e. The largest absolute Gasteiger partial charge is 0.354 e. The molecule has 0 N–H and O–H groups in total. The van der Waals surface area contributed by atoms with Gasteiger partial charge in [0.2, 0.25) is 0 Å². The molecule has 0 aliphatic carbocycles.